The lowest BCUT2D eigenvalue weighted by Crippen LogP contribution is -2.48. The van der Waals surface area contributed by atoms with E-state index in [2.05, 4.69) is 5.32 Å². The maximum atomic E-state index is 12.2. The first-order chi connectivity index (χ1) is 11.4. The summed E-state index contributed by atoms with van der Waals surface area (Å²) < 4.78 is 5.90. The molecule has 0 bridgehead atoms. The zero-order valence-corrected chi connectivity index (χ0v) is 14.6. The molecule has 0 heterocycles. The monoisotopic (exact) mass is 326 g/mol. The molecule has 2 aromatic carbocycles. The molecule has 0 aliphatic heterocycles. The minimum Gasteiger partial charge on any atom is -0.489 e. The molecular weight excluding hydrogens is 300 g/mol. The van der Waals surface area contributed by atoms with Crippen molar-refractivity contribution in [2.45, 2.75) is 40.0 Å². The molecule has 0 radical (unpaired) electrons. The van der Waals surface area contributed by atoms with Gasteiger partial charge in [-0.1, -0.05) is 69.3 Å². The highest BCUT2D eigenvalue weighted by Gasteiger charge is 2.27. The van der Waals surface area contributed by atoms with Crippen LogP contribution in [-0.4, -0.2) is 11.9 Å². The van der Waals surface area contributed by atoms with Crippen molar-refractivity contribution < 1.29 is 9.53 Å². The fraction of sp³-hybridized carbons (Fsp3) is 0.350. The molecule has 0 aliphatic rings. The van der Waals surface area contributed by atoms with Crippen LogP contribution in [-0.2, 0) is 17.9 Å². The van der Waals surface area contributed by atoms with E-state index < -0.39 is 6.04 Å². The van der Waals surface area contributed by atoms with Crippen LogP contribution in [0.4, 0.5) is 0 Å². The van der Waals surface area contributed by atoms with E-state index in [-0.39, 0.29) is 11.3 Å². The van der Waals surface area contributed by atoms with Crippen molar-refractivity contribution >= 4 is 5.91 Å². The van der Waals surface area contributed by atoms with E-state index in [4.69, 9.17) is 10.5 Å². The molecule has 2 aromatic rings. The summed E-state index contributed by atoms with van der Waals surface area (Å²) in [7, 11) is 0. The minimum absolute atomic E-state index is 0.152. The fourth-order valence-corrected chi connectivity index (χ4v) is 2.21. The van der Waals surface area contributed by atoms with Crippen LogP contribution in [0, 0.1) is 5.41 Å². The largest absolute Gasteiger partial charge is 0.489 e. The van der Waals surface area contributed by atoms with Gasteiger partial charge < -0.3 is 15.8 Å². The van der Waals surface area contributed by atoms with Crippen molar-refractivity contribution in [2.24, 2.45) is 11.1 Å². The molecule has 0 unspecified atom stereocenters. The second-order valence-corrected chi connectivity index (χ2v) is 6.94. The number of nitrogens with one attached hydrogen (secondary N) is 1. The third-order valence-corrected chi connectivity index (χ3v) is 3.88. The summed E-state index contributed by atoms with van der Waals surface area (Å²) in [6.45, 7) is 6.75. The van der Waals surface area contributed by atoms with Gasteiger partial charge in [-0.2, -0.15) is 0 Å². The van der Waals surface area contributed by atoms with Gasteiger partial charge in [0.15, 0.2) is 0 Å². The van der Waals surface area contributed by atoms with Gasteiger partial charge in [-0.25, -0.2) is 0 Å². The summed E-state index contributed by atoms with van der Waals surface area (Å²) >= 11 is 0. The molecule has 0 fully saturated rings. The van der Waals surface area contributed by atoms with Crippen LogP contribution in [0.2, 0.25) is 0 Å². The van der Waals surface area contributed by atoms with Gasteiger partial charge in [-0.3, -0.25) is 4.79 Å². The van der Waals surface area contributed by atoms with Gasteiger partial charge >= 0.3 is 0 Å². The molecule has 128 valence electrons. The Morgan fingerprint density at radius 2 is 1.71 bits per heavy atom. The molecule has 0 spiro atoms. The van der Waals surface area contributed by atoms with Crippen molar-refractivity contribution in [1.82, 2.24) is 5.32 Å². The zero-order chi connectivity index (χ0) is 17.6. The van der Waals surface area contributed by atoms with Crippen molar-refractivity contribution in [3.8, 4) is 5.75 Å². The lowest BCUT2D eigenvalue weighted by Gasteiger charge is -2.26. The predicted molar refractivity (Wildman–Crippen MR) is 96.5 cm³/mol. The zero-order valence-electron chi connectivity index (χ0n) is 14.6. The second kappa shape index (κ2) is 7.97. The van der Waals surface area contributed by atoms with Gasteiger partial charge in [0.05, 0.1) is 6.04 Å². The van der Waals surface area contributed by atoms with Crippen LogP contribution in [0.1, 0.15) is 31.9 Å². The number of amides is 1. The number of benzene rings is 2. The third kappa shape index (κ3) is 5.10. The summed E-state index contributed by atoms with van der Waals surface area (Å²) in [6.07, 6.45) is 0. The quantitative estimate of drug-likeness (QED) is 0.856. The van der Waals surface area contributed by atoms with E-state index in [1.54, 1.807) is 0 Å². The highest BCUT2D eigenvalue weighted by Crippen LogP contribution is 2.20. The summed E-state index contributed by atoms with van der Waals surface area (Å²) in [6, 6.07) is 17.2. The smallest absolute Gasteiger partial charge is 0.237 e. The van der Waals surface area contributed by atoms with Gasteiger partial charge in [-0.15, -0.1) is 0 Å². The van der Waals surface area contributed by atoms with E-state index in [9.17, 15) is 4.79 Å². The second-order valence-electron chi connectivity index (χ2n) is 6.94. The Morgan fingerprint density at radius 3 is 2.38 bits per heavy atom. The van der Waals surface area contributed by atoms with E-state index in [1.807, 2.05) is 75.4 Å². The number of hydrogen-bond acceptors (Lipinski definition) is 3. The molecule has 24 heavy (non-hydrogen) atoms. The van der Waals surface area contributed by atoms with Crippen molar-refractivity contribution in [1.29, 1.82) is 0 Å². The Morgan fingerprint density at radius 1 is 1.08 bits per heavy atom. The van der Waals surface area contributed by atoms with Gasteiger partial charge in [-0.05, 0) is 17.0 Å². The number of carbonyl (C=O) groups excluding carboxylic acids is 1. The number of rotatable bonds is 6. The molecule has 1 amide bonds. The normalized spacial score (nSPS) is 12.5. The number of nitrogens with two attached hydrogens (primary N) is 1. The number of hydrogen-bond donors (Lipinski definition) is 2. The molecule has 4 heteroatoms. The van der Waals surface area contributed by atoms with Crippen molar-refractivity contribution in [3.05, 3.63) is 65.7 Å². The Hall–Kier alpha value is -2.33. The minimum atomic E-state index is -0.546. The summed E-state index contributed by atoms with van der Waals surface area (Å²) in [5, 5.41) is 2.90. The fourth-order valence-electron chi connectivity index (χ4n) is 2.21. The molecular formula is C20H26N2O2. The maximum Gasteiger partial charge on any atom is 0.237 e. The Kier molecular flexibility index (Phi) is 5.99. The van der Waals surface area contributed by atoms with Gasteiger partial charge in [0.1, 0.15) is 12.4 Å². The van der Waals surface area contributed by atoms with Crippen LogP contribution in [0.5, 0.6) is 5.75 Å². The van der Waals surface area contributed by atoms with Crippen LogP contribution >= 0.6 is 0 Å². The van der Waals surface area contributed by atoms with Crippen LogP contribution in [0.15, 0.2) is 54.6 Å². The molecule has 2 rings (SSSR count). The predicted octanol–water partition coefficient (Wildman–Crippen LogP) is 3.26. The van der Waals surface area contributed by atoms with Crippen LogP contribution in [0.3, 0.4) is 0 Å². The van der Waals surface area contributed by atoms with Gasteiger partial charge in [0.2, 0.25) is 5.91 Å². The summed E-state index contributed by atoms with van der Waals surface area (Å²) in [4.78, 5) is 12.2. The van der Waals surface area contributed by atoms with E-state index in [1.165, 1.54) is 0 Å². The molecule has 0 aliphatic carbocycles. The topological polar surface area (TPSA) is 64.4 Å². The number of para-hydroxylation sites is 1. The average Bonchev–Trinajstić information content (AvgIpc) is 2.58. The van der Waals surface area contributed by atoms with Crippen molar-refractivity contribution in [3.63, 3.8) is 0 Å². The van der Waals surface area contributed by atoms with Gasteiger partial charge in [0.25, 0.3) is 0 Å². The molecule has 0 saturated heterocycles. The standard InChI is InChI=1S/C20H26N2O2/c1-20(2,3)18(21)19(23)22-13-16-11-7-8-12-17(16)24-14-15-9-5-4-6-10-15/h4-12,18H,13-14,21H2,1-3H3,(H,22,23)/t18-/m1/s1. The number of ether oxygens (including phenoxy) is 1. The summed E-state index contributed by atoms with van der Waals surface area (Å²) in [5.41, 5.74) is 7.75. The highest BCUT2D eigenvalue weighted by atomic mass is 16.5. The van der Waals surface area contributed by atoms with Crippen LogP contribution < -0.4 is 15.8 Å². The Bertz CT molecular complexity index is 663. The lowest BCUT2D eigenvalue weighted by atomic mass is 9.87. The van der Waals surface area contributed by atoms with E-state index in [0.717, 1.165) is 16.9 Å². The highest BCUT2D eigenvalue weighted by molar-refractivity contribution is 5.82. The van der Waals surface area contributed by atoms with Crippen LogP contribution in [0.25, 0.3) is 0 Å². The molecule has 1 atom stereocenters. The van der Waals surface area contributed by atoms with Gasteiger partial charge in [0, 0.05) is 12.1 Å². The Balaban J connectivity index is 1.97. The lowest BCUT2D eigenvalue weighted by molar-refractivity contribution is -0.124. The third-order valence-electron chi connectivity index (χ3n) is 3.88. The maximum absolute atomic E-state index is 12.2. The van der Waals surface area contributed by atoms with E-state index >= 15 is 0 Å². The first-order valence-electron chi connectivity index (χ1n) is 8.16. The number of carbonyl (C=O) groups is 1. The van der Waals surface area contributed by atoms with Crippen molar-refractivity contribution in [2.75, 3.05) is 0 Å². The SMILES string of the molecule is CC(C)(C)[C@H](N)C(=O)NCc1ccccc1OCc1ccccc1. The first kappa shape index (κ1) is 18.0. The van der Waals surface area contributed by atoms with E-state index in [0.29, 0.717) is 13.2 Å². The Labute approximate surface area is 144 Å². The molecule has 0 saturated carbocycles. The average molecular weight is 326 g/mol. The molecule has 3 N–H and O–H groups in total. The summed E-state index contributed by atoms with van der Waals surface area (Å²) in [5.74, 6) is 0.617. The first-order valence-corrected chi connectivity index (χ1v) is 8.16. The molecule has 4 nitrogen and oxygen atoms in total. The molecule has 0 aromatic heterocycles.